The van der Waals surface area contributed by atoms with Gasteiger partial charge < -0.3 is 9.64 Å². The molecule has 2 aliphatic heterocycles. The minimum Gasteiger partial charge on any atom is -0.378 e. The molecule has 1 saturated heterocycles. The number of ether oxygens (including phenoxy) is 1. The second-order valence-corrected chi connectivity index (χ2v) is 9.03. The molecule has 0 amide bonds. The third kappa shape index (κ3) is 4.52. The van der Waals surface area contributed by atoms with Gasteiger partial charge in [-0.25, -0.2) is 18.8 Å². The molecule has 9 nitrogen and oxygen atoms in total. The second-order valence-electron chi connectivity index (χ2n) is 6.84. The first-order chi connectivity index (χ1) is 14.0. The number of nitrogens with zero attached hydrogens (tertiary/aromatic N) is 5. The van der Waals surface area contributed by atoms with Gasteiger partial charge in [-0.1, -0.05) is 12.1 Å². The number of benzene rings is 1. The Kier molecular flexibility index (Phi) is 5.42. The molecule has 2 aliphatic rings. The fraction of sp³-hybridized carbons (Fsp3) is 0.368. The van der Waals surface area contributed by atoms with Gasteiger partial charge in [0.05, 0.1) is 48.3 Å². The lowest BCUT2D eigenvalue weighted by Crippen LogP contribution is -2.38. The number of fused-ring (bicyclic) bond motifs is 1. The zero-order valence-corrected chi connectivity index (χ0v) is 16.5. The molecule has 0 saturated carbocycles. The van der Waals surface area contributed by atoms with E-state index in [1.807, 2.05) is 4.90 Å². The predicted octanol–water partition coefficient (Wildman–Crippen LogP) is 1.10. The van der Waals surface area contributed by atoms with E-state index in [2.05, 4.69) is 26.6 Å². The smallest absolute Gasteiger partial charge is 0.245 e. The van der Waals surface area contributed by atoms with Gasteiger partial charge in [-0.2, -0.15) is 15.3 Å². The van der Waals surface area contributed by atoms with E-state index in [0.717, 1.165) is 11.3 Å². The number of sulfone groups is 1. The van der Waals surface area contributed by atoms with Crippen molar-refractivity contribution in [1.82, 2.24) is 9.97 Å². The fourth-order valence-corrected chi connectivity index (χ4v) is 4.70. The average molecular weight is 412 g/mol. The summed E-state index contributed by atoms with van der Waals surface area (Å²) in [6.45, 7) is 2.45. The van der Waals surface area contributed by atoms with Crippen molar-refractivity contribution in [3.63, 3.8) is 0 Å². The van der Waals surface area contributed by atoms with E-state index in [1.165, 1.54) is 0 Å². The van der Waals surface area contributed by atoms with Crippen molar-refractivity contribution in [2.45, 2.75) is 12.2 Å². The molecule has 1 fully saturated rings. The number of morpholine rings is 1. The lowest BCUT2D eigenvalue weighted by Gasteiger charge is -2.31. The van der Waals surface area contributed by atoms with Crippen LogP contribution in [0.4, 0.5) is 11.8 Å². The lowest BCUT2D eigenvalue weighted by atomic mass is 10.1. The van der Waals surface area contributed by atoms with Crippen LogP contribution in [0.15, 0.2) is 29.4 Å². The van der Waals surface area contributed by atoms with Crippen LogP contribution in [0.1, 0.15) is 22.4 Å². The van der Waals surface area contributed by atoms with Crippen molar-refractivity contribution in [2.75, 3.05) is 42.4 Å². The lowest BCUT2D eigenvalue weighted by molar-refractivity contribution is 0.122. The predicted molar refractivity (Wildman–Crippen MR) is 109 cm³/mol. The molecule has 0 atom stereocenters. The molecule has 0 aliphatic carbocycles. The molecular weight excluding hydrogens is 392 g/mol. The van der Waals surface area contributed by atoms with Gasteiger partial charge in [0.15, 0.2) is 9.84 Å². The molecule has 1 N–H and O–H groups in total. The van der Waals surface area contributed by atoms with E-state index in [1.54, 1.807) is 30.5 Å². The van der Waals surface area contributed by atoms with Crippen molar-refractivity contribution < 1.29 is 13.2 Å². The zero-order valence-electron chi connectivity index (χ0n) is 15.7. The number of nitriles is 1. The number of hydrazone groups is 1. The Morgan fingerprint density at radius 1 is 1.21 bits per heavy atom. The highest BCUT2D eigenvalue weighted by molar-refractivity contribution is 7.90. The van der Waals surface area contributed by atoms with Gasteiger partial charge >= 0.3 is 0 Å². The summed E-state index contributed by atoms with van der Waals surface area (Å²) in [5, 5.41) is 13.0. The van der Waals surface area contributed by atoms with Gasteiger partial charge in [-0.3, -0.25) is 0 Å². The number of aryl methyl sites for hydroxylation is 1. The summed E-state index contributed by atoms with van der Waals surface area (Å²) in [5.41, 5.74) is 5.68. The van der Waals surface area contributed by atoms with Gasteiger partial charge in [0.2, 0.25) is 5.95 Å². The third-order valence-corrected chi connectivity index (χ3v) is 6.37. The number of aromatic nitrogens is 2. The summed E-state index contributed by atoms with van der Waals surface area (Å²) < 4.78 is 29.7. The summed E-state index contributed by atoms with van der Waals surface area (Å²) in [6.07, 6.45) is 1.98. The first-order valence-corrected chi connectivity index (χ1v) is 11.1. The second kappa shape index (κ2) is 8.14. The molecule has 0 radical (unpaired) electrons. The van der Waals surface area contributed by atoms with Crippen LogP contribution in [-0.2, 0) is 26.7 Å². The molecule has 1 aromatic carbocycles. The van der Waals surface area contributed by atoms with Crippen LogP contribution in [0.5, 0.6) is 0 Å². The topological polar surface area (TPSA) is 121 Å². The fourth-order valence-electron chi connectivity index (χ4n) is 3.31. The van der Waals surface area contributed by atoms with Crippen LogP contribution in [0.25, 0.3) is 0 Å². The molecule has 4 rings (SSSR count). The summed E-state index contributed by atoms with van der Waals surface area (Å²) in [7, 11) is -3.14. The standard InChI is InChI=1S/C19H20N6O3S/c20-11-14-1-3-15(4-2-14)12-21-24-19-22-17-5-10-29(26,27)13-16(17)18(23-19)25-6-8-28-9-7-25/h1-4,12H,5-10,13H2,(H,22,23,24)/b21-12+. The third-order valence-electron chi connectivity index (χ3n) is 4.81. The van der Waals surface area contributed by atoms with Crippen molar-refractivity contribution in [2.24, 2.45) is 5.10 Å². The van der Waals surface area contributed by atoms with E-state index in [-0.39, 0.29) is 11.5 Å². The van der Waals surface area contributed by atoms with Gasteiger partial charge in [0, 0.05) is 25.1 Å². The maximum Gasteiger partial charge on any atom is 0.245 e. The van der Waals surface area contributed by atoms with Gasteiger partial charge in [-0.15, -0.1) is 0 Å². The molecule has 29 heavy (non-hydrogen) atoms. The van der Waals surface area contributed by atoms with Crippen LogP contribution < -0.4 is 10.3 Å². The highest BCUT2D eigenvalue weighted by Crippen LogP contribution is 2.29. The highest BCUT2D eigenvalue weighted by Gasteiger charge is 2.29. The monoisotopic (exact) mass is 412 g/mol. The largest absolute Gasteiger partial charge is 0.378 e. The highest BCUT2D eigenvalue weighted by atomic mass is 32.2. The van der Waals surface area contributed by atoms with Crippen LogP contribution in [0.3, 0.4) is 0 Å². The van der Waals surface area contributed by atoms with E-state index in [4.69, 9.17) is 10.00 Å². The normalized spacial score (nSPS) is 18.2. The Morgan fingerprint density at radius 3 is 2.69 bits per heavy atom. The van der Waals surface area contributed by atoms with Crippen molar-refractivity contribution in [3.05, 3.63) is 46.6 Å². The van der Waals surface area contributed by atoms with Crippen molar-refractivity contribution >= 4 is 27.8 Å². The Bertz CT molecular complexity index is 1070. The van der Waals surface area contributed by atoms with Crippen LogP contribution in [0, 0.1) is 11.3 Å². The Morgan fingerprint density at radius 2 is 1.97 bits per heavy atom. The number of hydrogen-bond acceptors (Lipinski definition) is 9. The van der Waals surface area contributed by atoms with Crippen molar-refractivity contribution in [1.29, 1.82) is 5.26 Å². The Hall–Kier alpha value is -3.03. The van der Waals surface area contributed by atoms with E-state index in [0.29, 0.717) is 55.6 Å². The first kappa shape index (κ1) is 19.3. The zero-order chi connectivity index (χ0) is 20.3. The van der Waals surface area contributed by atoms with Gasteiger partial charge in [0.25, 0.3) is 0 Å². The van der Waals surface area contributed by atoms with Crippen LogP contribution in [0.2, 0.25) is 0 Å². The van der Waals surface area contributed by atoms with E-state index >= 15 is 0 Å². The molecule has 1 aromatic heterocycles. The quantitative estimate of drug-likeness (QED) is 0.585. The summed E-state index contributed by atoms with van der Waals surface area (Å²) in [4.78, 5) is 11.1. The maximum absolute atomic E-state index is 12.1. The SMILES string of the molecule is N#Cc1ccc(/C=N/Nc2nc3c(c(N4CCOCC4)n2)CS(=O)(=O)CC3)cc1. The number of rotatable bonds is 4. The summed E-state index contributed by atoms with van der Waals surface area (Å²) in [6, 6.07) is 9.09. The Labute approximate surface area is 169 Å². The molecule has 10 heteroatoms. The van der Waals surface area contributed by atoms with E-state index < -0.39 is 9.84 Å². The molecule has 150 valence electrons. The number of anilines is 2. The molecular formula is C19H20N6O3S. The van der Waals surface area contributed by atoms with Crippen molar-refractivity contribution in [3.8, 4) is 6.07 Å². The maximum atomic E-state index is 12.1. The van der Waals surface area contributed by atoms with Crippen LogP contribution in [-0.4, -0.2) is 56.7 Å². The minimum atomic E-state index is -3.14. The molecule has 2 aromatic rings. The van der Waals surface area contributed by atoms with Gasteiger partial charge in [-0.05, 0) is 17.7 Å². The molecule has 3 heterocycles. The minimum absolute atomic E-state index is 0.0379. The van der Waals surface area contributed by atoms with E-state index in [9.17, 15) is 8.42 Å². The number of hydrogen-bond donors (Lipinski definition) is 1. The van der Waals surface area contributed by atoms with Crippen LogP contribution >= 0.6 is 0 Å². The number of nitrogens with one attached hydrogen (secondary N) is 1. The summed E-state index contributed by atoms with van der Waals surface area (Å²) in [5.74, 6) is 1.02. The average Bonchev–Trinajstić information content (AvgIpc) is 2.74. The van der Waals surface area contributed by atoms with Gasteiger partial charge in [0.1, 0.15) is 5.82 Å². The Balaban J connectivity index is 1.60. The molecule has 0 unspecified atom stereocenters. The molecule has 0 spiro atoms. The molecule has 0 bridgehead atoms. The summed E-state index contributed by atoms with van der Waals surface area (Å²) >= 11 is 0. The first-order valence-electron chi connectivity index (χ1n) is 9.26.